The molecule has 0 radical (unpaired) electrons. The topological polar surface area (TPSA) is 80.0 Å². The van der Waals surface area contributed by atoms with Crippen molar-refractivity contribution < 1.29 is 4.79 Å². The number of carbonyl (C=O) groups excluding carboxylic acids is 1. The molecule has 1 heterocycles. The van der Waals surface area contributed by atoms with Crippen molar-refractivity contribution in [2.75, 3.05) is 12.0 Å². The van der Waals surface area contributed by atoms with Crippen LogP contribution in [-0.2, 0) is 0 Å². The average molecular weight is 270 g/mol. The summed E-state index contributed by atoms with van der Waals surface area (Å²) in [4.78, 5) is 16.6. The first-order chi connectivity index (χ1) is 9.61. The van der Waals surface area contributed by atoms with Crippen LogP contribution < -0.4 is 16.6 Å². The molecule has 1 amide bonds. The number of hydrogen-bond acceptors (Lipinski definition) is 4. The van der Waals surface area contributed by atoms with Gasteiger partial charge in [0.2, 0.25) is 0 Å². The molecular weight excluding hydrogens is 252 g/mol. The van der Waals surface area contributed by atoms with Crippen molar-refractivity contribution in [3.63, 3.8) is 0 Å². The van der Waals surface area contributed by atoms with E-state index in [4.69, 9.17) is 5.84 Å². The number of carbonyl (C=O) groups is 1. The van der Waals surface area contributed by atoms with Gasteiger partial charge in [-0.05, 0) is 30.4 Å². The number of nitrogens with two attached hydrogens (primary N) is 1. The molecule has 1 aromatic heterocycles. The van der Waals surface area contributed by atoms with Gasteiger partial charge in [-0.15, -0.1) is 0 Å². The number of pyridine rings is 1. The number of anilines is 1. The molecule has 0 atom stereocenters. The molecule has 0 aliphatic heterocycles. The van der Waals surface area contributed by atoms with Crippen LogP contribution in [0, 0.1) is 5.41 Å². The summed E-state index contributed by atoms with van der Waals surface area (Å²) >= 11 is 0. The summed E-state index contributed by atoms with van der Waals surface area (Å²) in [5.41, 5.74) is 4.76. The molecule has 5 heteroatoms. The van der Waals surface area contributed by atoms with E-state index in [1.54, 1.807) is 6.07 Å². The smallest absolute Gasteiger partial charge is 0.270 e. The fourth-order valence-electron chi connectivity index (χ4n) is 2.19. The molecular formula is C15H18N4O. The molecule has 1 aliphatic carbocycles. The van der Waals surface area contributed by atoms with Crippen molar-refractivity contribution in [2.24, 2.45) is 11.3 Å². The fraction of sp³-hybridized carbons (Fsp3) is 0.333. The van der Waals surface area contributed by atoms with E-state index in [9.17, 15) is 4.79 Å². The predicted molar refractivity (Wildman–Crippen MR) is 79.2 cm³/mol. The van der Waals surface area contributed by atoms with Crippen LogP contribution in [0.15, 0.2) is 30.3 Å². The summed E-state index contributed by atoms with van der Waals surface area (Å²) in [7, 11) is 0. The van der Waals surface area contributed by atoms with Gasteiger partial charge < -0.3 is 10.7 Å². The van der Waals surface area contributed by atoms with Gasteiger partial charge in [0.15, 0.2) is 0 Å². The van der Waals surface area contributed by atoms with Crippen LogP contribution in [-0.4, -0.2) is 17.4 Å². The molecule has 104 valence electrons. The van der Waals surface area contributed by atoms with E-state index in [0.29, 0.717) is 17.9 Å². The van der Waals surface area contributed by atoms with E-state index in [-0.39, 0.29) is 11.3 Å². The molecule has 1 aliphatic rings. The number of fused-ring (bicyclic) bond motifs is 1. The molecule has 1 aromatic carbocycles. The molecule has 5 nitrogen and oxygen atoms in total. The summed E-state index contributed by atoms with van der Waals surface area (Å²) in [5.74, 6) is 5.38. The molecule has 0 saturated heterocycles. The summed E-state index contributed by atoms with van der Waals surface area (Å²) < 4.78 is 0. The molecule has 0 spiro atoms. The van der Waals surface area contributed by atoms with E-state index in [1.165, 1.54) is 12.8 Å². The molecule has 4 N–H and O–H groups in total. The standard InChI is InChI=1S/C15H18N4O/c1-15(6-7-15)9-17-14(20)13-8-12(19-16)10-4-2-3-5-11(10)18-13/h2-5,8H,6-7,9,16H2,1H3,(H,17,20)(H,18,19). The number of amides is 1. The quantitative estimate of drug-likeness (QED) is 0.587. The van der Waals surface area contributed by atoms with E-state index in [1.807, 2.05) is 24.3 Å². The van der Waals surface area contributed by atoms with Crippen molar-refractivity contribution >= 4 is 22.5 Å². The van der Waals surface area contributed by atoms with Crippen LogP contribution in [0.25, 0.3) is 10.9 Å². The average Bonchev–Trinajstić information content (AvgIpc) is 3.21. The molecule has 2 aromatic rings. The predicted octanol–water partition coefficient (Wildman–Crippen LogP) is 2.05. The number of rotatable bonds is 4. The number of nitrogens with one attached hydrogen (secondary N) is 2. The maximum Gasteiger partial charge on any atom is 0.270 e. The zero-order valence-electron chi connectivity index (χ0n) is 11.4. The highest BCUT2D eigenvalue weighted by Gasteiger charge is 2.37. The zero-order valence-corrected chi connectivity index (χ0v) is 11.4. The van der Waals surface area contributed by atoms with Crippen LogP contribution in [0.5, 0.6) is 0 Å². The maximum absolute atomic E-state index is 12.2. The third-order valence-corrected chi connectivity index (χ3v) is 3.88. The van der Waals surface area contributed by atoms with Gasteiger partial charge >= 0.3 is 0 Å². The lowest BCUT2D eigenvalue weighted by Crippen LogP contribution is -2.29. The van der Waals surface area contributed by atoms with Gasteiger partial charge in [0, 0.05) is 11.9 Å². The van der Waals surface area contributed by atoms with Crippen LogP contribution in [0.4, 0.5) is 5.69 Å². The largest absolute Gasteiger partial charge is 0.350 e. The minimum atomic E-state index is -0.152. The highest BCUT2D eigenvalue weighted by Crippen LogP contribution is 2.44. The van der Waals surface area contributed by atoms with Crippen LogP contribution >= 0.6 is 0 Å². The zero-order chi connectivity index (χ0) is 14.2. The minimum Gasteiger partial charge on any atom is -0.350 e. The van der Waals surface area contributed by atoms with Crippen molar-refractivity contribution in [3.05, 3.63) is 36.0 Å². The number of hydrogen-bond donors (Lipinski definition) is 3. The lowest BCUT2D eigenvalue weighted by Gasteiger charge is -2.11. The normalized spacial score (nSPS) is 15.9. The highest BCUT2D eigenvalue weighted by atomic mass is 16.1. The van der Waals surface area contributed by atoms with Crippen LogP contribution in [0.3, 0.4) is 0 Å². The molecule has 0 unspecified atom stereocenters. The monoisotopic (exact) mass is 270 g/mol. The van der Waals surface area contributed by atoms with Gasteiger partial charge in [0.05, 0.1) is 11.2 Å². The van der Waals surface area contributed by atoms with Gasteiger partial charge in [-0.3, -0.25) is 10.6 Å². The first-order valence-electron chi connectivity index (χ1n) is 6.76. The molecule has 1 saturated carbocycles. The third-order valence-electron chi connectivity index (χ3n) is 3.88. The fourth-order valence-corrected chi connectivity index (χ4v) is 2.19. The van der Waals surface area contributed by atoms with Gasteiger partial charge in [0.25, 0.3) is 5.91 Å². The maximum atomic E-state index is 12.2. The number of aromatic nitrogens is 1. The number of nitrogens with zero attached hydrogens (tertiary/aromatic N) is 1. The van der Waals surface area contributed by atoms with E-state index in [0.717, 1.165) is 10.9 Å². The molecule has 3 rings (SSSR count). The Morgan fingerprint density at radius 2 is 2.15 bits per heavy atom. The highest BCUT2D eigenvalue weighted by molar-refractivity contribution is 5.99. The Morgan fingerprint density at radius 1 is 1.40 bits per heavy atom. The number of para-hydroxylation sites is 1. The molecule has 0 bridgehead atoms. The lowest BCUT2D eigenvalue weighted by atomic mass is 10.1. The first-order valence-corrected chi connectivity index (χ1v) is 6.76. The van der Waals surface area contributed by atoms with Gasteiger partial charge in [-0.2, -0.15) is 0 Å². The van der Waals surface area contributed by atoms with Gasteiger partial charge in [-0.25, -0.2) is 4.98 Å². The number of nitrogen functional groups attached to an aromatic ring is 1. The van der Waals surface area contributed by atoms with Gasteiger partial charge in [0.1, 0.15) is 5.69 Å². The Hall–Kier alpha value is -2.14. The van der Waals surface area contributed by atoms with Crippen molar-refractivity contribution in [2.45, 2.75) is 19.8 Å². The second kappa shape index (κ2) is 4.76. The van der Waals surface area contributed by atoms with E-state index in [2.05, 4.69) is 22.7 Å². The summed E-state index contributed by atoms with van der Waals surface area (Å²) in [6.07, 6.45) is 2.35. The number of benzene rings is 1. The Kier molecular flexibility index (Phi) is 3.06. The van der Waals surface area contributed by atoms with Crippen LogP contribution in [0.2, 0.25) is 0 Å². The number of hydrazine groups is 1. The SMILES string of the molecule is CC1(CNC(=O)c2cc(NN)c3ccccc3n2)CC1. The Bertz CT molecular complexity index is 664. The Labute approximate surface area is 117 Å². The van der Waals surface area contributed by atoms with Crippen molar-refractivity contribution in [3.8, 4) is 0 Å². The second-order valence-electron chi connectivity index (χ2n) is 5.71. The van der Waals surface area contributed by atoms with E-state index >= 15 is 0 Å². The Morgan fingerprint density at radius 3 is 2.85 bits per heavy atom. The third kappa shape index (κ3) is 2.44. The van der Waals surface area contributed by atoms with E-state index < -0.39 is 0 Å². The molecule has 1 fully saturated rings. The van der Waals surface area contributed by atoms with Gasteiger partial charge in [-0.1, -0.05) is 25.1 Å². The van der Waals surface area contributed by atoms with Crippen molar-refractivity contribution in [1.29, 1.82) is 0 Å². The summed E-state index contributed by atoms with van der Waals surface area (Å²) in [5, 5.41) is 3.85. The molecule has 20 heavy (non-hydrogen) atoms. The summed E-state index contributed by atoms with van der Waals surface area (Å²) in [6, 6.07) is 9.29. The first kappa shape index (κ1) is 12.9. The van der Waals surface area contributed by atoms with Crippen molar-refractivity contribution in [1.82, 2.24) is 10.3 Å². The second-order valence-corrected chi connectivity index (χ2v) is 5.71. The lowest BCUT2D eigenvalue weighted by molar-refractivity contribution is 0.0941. The Balaban J connectivity index is 1.88. The summed E-state index contributed by atoms with van der Waals surface area (Å²) in [6.45, 7) is 2.87. The minimum absolute atomic E-state index is 0.152. The van der Waals surface area contributed by atoms with Crippen LogP contribution in [0.1, 0.15) is 30.3 Å².